The van der Waals surface area contributed by atoms with Crippen molar-refractivity contribution in [3.8, 4) is 12.3 Å². The number of carbonyl (C=O) groups excluding carboxylic acids is 1. The summed E-state index contributed by atoms with van der Waals surface area (Å²) in [4.78, 5) is 18.0. The monoisotopic (exact) mass is 466 g/mol. The van der Waals surface area contributed by atoms with Gasteiger partial charge in [-0.25, -0.2) is 0 Å². The molecule has 0 unspecified atom stereocenters. The fourth-order valence-corrected chi connectivity index (χ4v) is 5.27. The fourth-order valence-electron chi connectivity index (χ4n) is 5.27. The van der Waals surface area contributed by atoms with Crippen molar-refractivity contribution >= 4 is 5.91 Å². The summed E-state index contributed by atoms with van der Waals surface area (Å²) in [7, 11) is 0. The molecule has 1 aromatic carbocycles. The van der Waals surface area contributed by atoms with Gasteiger partial charge >= 0.3 is 0 Å². The Morgan fingerprint density at radius 2 is 1.82 bits per heavy atom. The van der Waals surface area contributed by atoms with Crippen molar-refractivity contribution in [2.24, 2.45) is 0 Å². The first-order valence-electron chi connectivity index (χ1n) is 12.9. The largest absolute Gasteiger partial charge is 0.459 e. The number of benzene rings is 1. The summed E-state index contributed by atoms with van der Waals surface area (Å²) in [5.41, 5.74) is 1.94. The van der Waals surface area contributed by atoms with Crippen LogP contribution in [0.25, 0.3) is 0 Å². The second-order valence-electron chi connectivity index (χ2n) is 9.61. The van der Waals surface area contributed by atoms with Gasteiger partial charge in [-0.3, -0.25) is 4.79 Å². The van der Waals surface area contributed by atoms with Gasteiger partial charge in [0.2, 0.25) is 6.29 Å². The number of terminal acetylenes is 1. The highest BCUT2D eigenvalue weighted by atomic mass is 16.7. The van der Waals surface area contributed by atoms with Gasteiger partial charge in [-0.05, 0) is 75.4 Å². The second kappa shape index (κ2) is 12.4. The van der Waals surface area contributed by atoms with Crippen LogP contribution in [0.5, 0.6) is 0 Å². The first-order valence-corrected chi connectivity index (χ1v) is 12.9. The van der Waals surface area contributed by atoms with Crippen molar-refractivity contribution in [1.82, 2.24) is 9.80 Å². The first-order chi connectivity index (χ1) is 16.7. The molecule has 184 valence electrons. The van der Waals surface area contributed by atoms with Gasteiger partial charge in [0, 0.05) is 43.6 Å². The Bertz CT molecular complexity index is 861. The molecule has 6 nitrogen and oxygen atoms in total. The van der Waals surface area contributed by atoms with E-state index in [0.717, 1.165) is 43.5 Å². The number of unbranched alkanes of at least 4 members (excludes halogenated alkanes) is 1. The van der Waals surface area contributed by atoms with Gasteiger partial charge in [-0.2, -0.15) is 0 Å². The van der Waals surface area contributed by atoms with Crippen LogP contribution >= 0.6 is 0 Å². The molecule has 3 aliphatic heterocycles. The molecule has 2 saturated heterocycles. The molecule has 0 spiro atoms. The van der Waals surface area contributed by atoms with E-state index in [1.807, 2.05) is 35.2 Å². The lowest BCUT2D eigenvalue weighted by atomic mass is 9.92. The molecule has 0 aliphatic carbocycles. The van der Waals surface area contributed by atoms with Crippen LogP contribution in [0.3, 0.4) is 0 Å². The third-order valence-electron chi connectivity index (χ3n) is 7.29. The van der Waals surface area contributed by atoms with Crippen LogP contribution in [-0.2, 0) is 14.3 Å². The summed E-state index contributed by atoms with van der Waals surface area (Å²) >= 11 is 0. The van der Waals surface area contributed by atoms with Crippen LogP contribution in [0.2, 0.25) is 0 Å². The van der Waals surface area contributed by atoms with Crippen molar-refractivity contribution in [2.45, 2.75) is 69.6 Å². The molecular weight excluding hydrogens is 428 g/mol. The van der Waals surface area contributed by atoms with Crippen molar-refractivity contribution in [1.29, 1.82) is 0 Å². The Hall–Kier alpha value is -2.33. The van der Waals surface area contributed by atoms with Gasteiger partial charge in [0.1, 0.15) is 0 Å². The van der Waals surface area contributed by atoms with Crippen LogP contribution in [0.1, 0.15) is 68.4 Å². The van der Waals surface area contributed by atoms with Gasteiger partial charge < -0.3 is 24.4 Å². The lowest BCUT2D eigenvalue weighted by molar-refractivity contribution is -0.153. The summed E-state index contributed by atoms with van der Waals surface area (Å²) in [5, 5.41) is 9.03. The molecule has 0 saturated carbocycles. The fraction of sp³-hybridized carbons (Fsp3) is 0.607. The minimum atomic E-state index is -0.481. The topological polar surface area (TPSA) is 62.2 Å². The molecule has 34 heavy (non-hydrogen) atoms. The van der Waals surface area contributed by atoms with Crippen molar-refractivity contribution in [3.05, 3.63) is 47.2 Å². The van der Waals surface area contributed by atoms with Gasteiger partial charge in [0.15, 0.2) is 5.76 Å². The maximum atomic E-state index is 13.4. The van der Waals surface area contributed by atoms with E-state index in [1.165, 1.54) is 32.4 Å². The lowest BCUT2D eigenvalue weighted by Gasteiger charge is -2.40. The number of likely N-dealkylation sites (tertiary alicyclic amines) is 2. The van der Waals surface area contributed by atoms with E-state index in [2.05, 4.69) is 10.8 Å². The smallest absolute Gasteiger partial charge is 0.288 e. The predicted octanol–water partition coefficient (Wildman–Crippen LogP) is 3.65. The maximum absolute atomic E-state index is 13.4. The molecule has 0 bridgehead atoms. The number of carbonyl (C=O) groups is 1. The number of nitrogens with zero attached hydrogens (tertiary/aromatic N) is 2. The molecule has 4 rings (SSSR count). The van der Waals surface area contributed by atoms with E-state index in [9.17, 15) is 4.79 Å². The Morgan fingerprint density at radius 3 is 2.50 bits per heavy atom. The third kappa shape index (κ3) is 6.41. The highest BCUT2D eigenvalue weighted by Crippen LogP contribution is 2.33. The molecule has 1 amide bonds. The molecule has 0 aromatic heterocycles. The summed E-state index contributed by atoms with van der Waals surface area (Å²) in [5.74, 6) is 3.03. The zero-order valence-corrected chi connectivity index (χ0v) is 20.2. The summed E-state index contributed by atoms with van der Waals surface area (Å²) in [6, 6.07) is 8.51. The Labute approximate surface area is 203 Å². The van der Waals surface area contributed by atoms with Crippen LogP contribution in [-0.4, -0.2) is 72.5 Å². The van der Waals surface area contributed by atoms with Crippen LogP contribution in [0.4, 0.5) is 0 Å². The summed E-state index contributed by atoms with van der Waals surface area (Å²) in [6.45, 7) is 4.58. The zero-order valence-electron chi connectivity index (χ0n) is 20.2. The molecule has 2 atom stereocenters. The average Bonchev–Trinajstić information content (AvgIpc) is 2.91. The number of piperidine rings is 2. The van der Waals surface area contributed by atoms with Crippen molar-refractivity contribution < 1.29 is 19.4 Å². The number of ether oxygens (including phenoxy) is 2. The number of hydrogen-bond donors (Lipinski definition) is 1. The highest BCUT2D eigenvalue weighted by molar-refractivity contribution is 5.91. The minimum Gasteiger partial charge on any atom is -0.459 e. The van der Waals surface area contributed by atoms with Crippen molar-refractivity contribution in [3.63, 3.8) is 0 Å². The Morgan fingerprint density at radius 1 is 1.09 bits per heavy atom. The van der Waals surface area contributed by atoms with Crippen molar-refractivity contribution in [2.75, 3.05) is 39.4 Å². The second-order valence-corrected chi connectivity index (χ2v) is 9.61. The van der Waals surface area contributed by atoms with Gasteiger partial charge in [-0.15, -0.1) is 6.42 Å². The predicted molar refractivity (Wildman–Crippen MR) is 132 cm³/mol. The molecular formula is C28H38N2O4. The first kappa shape index (κ1) is 24.8. The number of rotatable bonds is 8. The summed E-state index contributed by atoms with van der Waals surface area (Å²) < 4.78 is 12.0. The molecule has 2 fully saturated rings. The van der Waals surface area contributed by atoms with E-state index in [-0.39, 0.29) is 18.4 Å². The van der Waals surface area contributed by atoms with E-state index >= 15 is 0 Å². The normalized spacial score (nSPS) is 24.2. The molecule has 1 N–H and O–H groups in total. The van der Waals surface area contributed by atoms with Gasteiger partial charge in [-0.1, -0.05) is 24.5 Å². The van der Waals surface area contributed by atoms with E-state index in [1.54, 1.807) is 0 Å². The van der Waals surface area contributed by atoms with Crippen LogP contribution < -0.4 is 0 Å². The quantitative estimate of drug-likeness (QED) is 0.468. The number of aliphatic hydroxyl groups excluding tert-OH is 1. The number of amides is 1. The Kier molecular flexibility index (Phi) is 9.04. The van der Waals surface area contributed by atoms with Crippen LogP contribution in [0, 0.1) is 12.3 Å². The SMILES string of the molecule is C#Cc1ccc([C@@H]2C=C(C(=O)N3CCC(N4CCCCC4)CC3)O[C@H](OCCCCO)C2)cc1. The number of hydrogen-bond acceptors (Lipinski definition) is 5. The van der Waals surface area contributed by atoms with E-state index < -0.39 is 6.29 Å². The number of allylic oxidation sites excluding steroid dienone is 1. The molecule has 6 heteroatoms. The highest BCUT2D eigenvalue weighted by Gasteiger charge is 2.33. The maximum Gasteiger partial charge on any atom is 0.288 e. The number of aliphatic hydroxyl groups is 1. The van der Waals surface area contributed by atoms with Gasteiger partial charge in [0.25, 0.3) is 5.91 Å². The Balaban J connectivity index is 1.42. The van der Waals surface area contributed by atoms with E-state index in [0.29, 0.717) is 31.2 Å². The lowest BCUT2D eigenvalue weighted by Crippen LogP contribution is -2.49. The molecule has 3 aliphatic rings. The van der Waals surface area contributed by atoms with Gasteiger partial charge in [0.05, 0.1) is 6.61 Å². The summed E-state index contributed by atoms with van der Waals surface area (Å²) in [6.07, 6.45) is 15.1. The molecule has 1 aromatic rings. The third-order valence-corrected chi connectivity index (χ3v) is 7.29. The average molecular weight is 467 g/mol. The minimum absolute atomic E-state index is 0.0215. The zero-order chi connectivity index (χ0) is 23.8. The standard InChI is InChI=1S/C28H38N2O4/c1-2-22-8-10-23(11-9-22)24-20-26(34-27(21-24)33-19-7-6-18-31)28(32)30-16-12-25(13-17-30)29-14-4-3-5-15-29/h1,8-11,20,24-25,27,31H,3-7,12-19,21H2/t24-,27+/m1/s1. The molecule has 3 heterocycles. The molecule has 0 radical (unpaired) electrons. The van der Waals surface area contributed by atoms with E-state index in [4.69, 9.17) is 21.0 Å². The van der Waals surface area contributed by atoms with Crippen LogP contribution in [0.15, 0.2) is 36.1 Å².